The van der Waals surface area contributed by atoms with Crippen LogP contribution < -0.4 is 0 Å². The fraction of sp³-hybridized carbons (Fsp3) is 0.857. The van der Waals surface area contributed by atoms with Crippen molar-refractivity contribution in [2.45, 2.75) is 39.2 Å². The highest BCUT2D eigenvalue weighted by Crippen LogP contribution is 2.25. The van der Waals surface area contributed by atoms with Crippen LogP contribution in [0.1, 0.15) is 33.6 Å². The van der Waals surface area contributed by atoms with Crippen molar-refractivity contribution in [2.75, 3.05) is 0 Å². The lowest BCUT2D eigenvalue weighted by Crippen LogP contribution is -2.22. The summed E-state index contributed by atoms with van der Waals surface area (Å²) in [5.41, 5.74) is 1.11. The van der Waals surface area contributed by atoms with Gasteiger partial charge in [-0.25, -0.2) is 0 Å². The number of oxime groups is 1. The Balaban J connectivity index is 2.53. The Morgan fingerprint density at radius 1 is 1.78 bits per heavy atom. The van der Waals surface area contributed by atoms with Crippen molar-refractivity contribution in [3.8, 4) is 0 Å². The topological polar surface area (TPSA) is 21.6 Å². The van der Waals surface area contributed by atoms with Gasteiger partial charge in [-0.1, -0.05) is 12.1 Å². The van der Waals surface area contributed by atoms with E-state index in [1.165, 1.54) is 0 Å². The van der Waals surface area contributed by atoms with Gasteiger partial charge in [0.25, 0.3) is 0 Å². The summed E-state index contributed by atoms with van der Waals surface area (Å²) in [4.78, 5) is 5.19. The molecule has 0 saturated carbocycles. The Kier molecular flexibility index (Phi) is 1.47. The normalized spacial score (nSPS) is 33.9. The van der Waals surface area contributed by atoms with E-state index in [0.29, 0.717) is 0 Å². The highest BCUT2D eigenvalue weighted by molar-refractivity contribution is 5.83. The molecule has 1 rings (SSSR count). The van der Waals surface area contributed by atoms with Crippen LogP contribution in [0.25, 0.3) is 0 Å². The van der Waals surface area contributed by atoms with Crippen LogP contribution in [0.4, 0.5) is 0 Å². The van der Waals surface area contributed by atoms with Crippen molar-refractivity contribution >= 4 is 5.71 Å². The monoisotopic (exact) mass is 127 g/mol. The maximum Gasteiger partial charge on any atom is 0.140 e. The number of nitrogens with zero attached hydrogens (tertiary/aromatic N) is 1. The molecule has 9 heavy (non-hydrogen) atoms. The van der Waals surface area contributed by atoms with Crippen LogP contribution in [0, 0.1) is 0 Å². The average Bonchev–Trinajstić information content (AvgIpc) is 2.13. The van der Waals surface area contributed by atoms with Gasteiger partial charge in [0.1, 0.15) is 5.60 Å². The third kappa shape index (κ3) is 1.23. The predicted molar refractivity (Wildman–Crippen MR) is 37.5 cm³/mol. The molecule has 2 heteroatoms. The molecule has 0 N–H and O–H groups in total. The molecule has 1 unspecified atom stereocenters. The van der Waals surface area contributed by atoms with Gasteiger partial charge in [-0.05, 0) is 20.3 Å². The van der Waals surface area contributed by atoms with Crippen molar-refractivity contribution in [1.29, 1.82) is 0 Å². The maximum atomic E-state index is 5.19. The third-order valence-electron chi connectivity index (χ3n) is 1.80. The SMILES string of the molecule is CCC1(C)CC(C)=NO1. The fourth-order valence-electron chi connectivity index (χ4n) is 0.983. The predicted octanol–water partition coefficient (Wildman–Crippen LogP) is 1.95. The summed E-state index contributed by atoms with van der Waals surface area (Å²) in [6.45, 7) is 6.21. The molecule has 0 radical (unpaired) electrons. The minimum absolute atomic E-state index is 0.00405. The molecule has 0 fully saturated rings. The van der Waals surface area contributed by atoms with Crippen LogP contribution in [0.2, 0.25) is 0 Å². The first-order valence-corrected chi connectivity index (χ1v) is 3.38. The molecule has 0 bridgehead atoms. The zero-order chi connectivity index (χ0) is 6.91. The molecule has 0 aromatic carbocycles. The fourth-order valence-corrected chi connectivity index (χ4v) is 0.983. The number of hydrogen-bond acceptors (Lipinski definition) is 2. The molecule has 0 aromatic heterocycles. The van der Waals surface area contributed by atoms with E-state index in [-0.39, 0.29) is 5.60 Å². The van der Waals surface area contributed by atoms with Gasteiger partial charge in [0.05, 0.1) is 5.71 Å². The molecule has 1 aliphatic rings. The summed E-state index contributed by atoms with van der Waals surface area (Å²) in [5, 5.41) is 3.88. The van der Waals surface area contributed by atoms with Gasteiger partial charge < -0.3 is 4.84 Å². The summed E-state index contributed by atoms with van der Waals surface area (Å²) in [5.74, 6) is 0. The molecule has 0 aliphatic carbocycles. The Labute approximate surface area is 55.9 Å². The zero-order valence-corrected chi connectivity index (χ0v) is 6.27. The molecule has 0 spiro atoms. The maximum absolute atomic E-state index is 5.19. The van der Waals surface area contributed by atoms with Crippen molar-refractivity contribution in [3.63, 3.8) is 0 Å². The lowest BCUT2D eigenvalue weighted by molar-refractivity contribution is -0.00605. The van der Waals surface area contributed by atoms with Crippen molar-refractivity contribution in [2.24, 2.45) is 5.16 Å². The Morgan fingerprint density at radius 3 is 2.67 bits per heavy atom. The Bertz CT molecular complexity index is 142. The molecule has 0 aromatic rings. The van der Waals surface area contributed by atoms with Crippen LogP contribution in [-0.4, -0.2) is 11.3 Å². The molecular formula is C7H13NO. The molecule has 1 atom stereocenters. The number of rotatable bonds is 1. The van der Waals surface area contributed by atoms with Crippen LogP contribution in [0.15, 0.2) is 5.16 Å². The van der Waals surface area contributed by atoms with Crippen LogP contribution in [0.3, 0.4) is 0 Å². The lowest BCUT2D eigenvalue weighted by Gasteiger charge is -2.17. The van der Waals surface area contributed by atoms with Crippen LogP contribution >= 0.6 is 0 Å². The van der Waals surface area contributed by atoms with E-state index >= 15 is 0 Å². The first-order valence-electron chi connectivity index (χ1n) is 3.38. The van der Waals surface area contributed by atoms with E-state index in [1.807, 2.05) is 6.92 Å². The first kappa shape index (κ1) is 6.59. The first-order chi connectivity index (χ1) is 4.16. The van der Waals surface area contributed by atoms with Crippen molar-refractivity contribution < 1.29 is 4.84 Å². The van der Waals surface area contributed by atoms with Gasteiger partial charge in [0, 0.05) is 6.42 Å². The van der Waals surface area contributed by atoms with E-state index in [2.05, 4.69) is 19.0 Å². The highest BCUT2D eigenvalue weighted by atomic mass is 16.7. The van der Waals surface area contributed by atoms with Gasteiger partial charge in [0.2, 0.25) is 0 Å². The van der Waals surface area contributed by atoms with Crippen molar-refractivity contribution in [1.82, 2.24) is 0 Å². The van der Waals surface area contributed by atoms with Crippen LogP contribution in [0.5, 0.6) is 0 Å². The van der Waals surface area contributed by atoms with Gasteiger partial charge in [0.15, 0.2) is 0 Å². The van der Waals surface area contributed by atoms with Gasteiger partial charge in [-0.2, -0.15) is 0 Å². The van der Waals surface area contributed by atoms with E-state index in [1.54, 1.807) is 0 Å². The standard InChI is InChI=1S/C7H13NO/c1-4-7(3)5-6(2)8-9-7/h4-5H2,1-3H3. The van der Waals surface area contributed by atoms with E-state index in [9.17, 15) is 0 Å². The Morgan fingerprint density at radius 2 is 2.44 bits per heavy atom. The van der Waals surface area contributed by atoms with E-state index in [4.69, 9.17) is 4.84 Å². The molecule has 0 amide bonds. The highest BCUT2D eigenvalue weighted by Gasteiger charge is 2.29. The lowest BCUT2D eigenvalue weighted by atomic mass is 9.98. The Hall–Kier alpha value is -0.530. The van der Waals surface area contributed by atoms with Gasteiger partial charge in [-0.3, -0.25) is 0 Å². The molecule has 1 aliphatic heterocycles. The quantitative estimate of drug-likeness (QED) is 0.527. The second kappa shape index (κ2) is 2.01. The smallest absolute Gasteiger partial charge is 0.140 e. The van der Waals surface area contributed by atoms with Gasteiger partial charge >= 0.3 is 0 Å². The minimum atomic E-state index is 0.00405. The van der Waals surface area contributed by atoms with E-state index < -0.39 is 0 Å². The minimum Gasteiger partial charge on any atom is -0.389 e. The second-order valence-corrected chi connectivity index (χ2v) is 2.90. The number of hydrogen-bond donors (Lipinski definition) is 0. The molecular weight excluding hydrogens is 114 g/mol. The summed E-state index contributed by atoms with van der Waals surface area (Å²) < 4.78 is 0. The molecule has 0 saturated heterocycles. The zero-order valence-electron chi connectivity index (χ0n) is 6.27. The molecule has 52 valence electrons. The molecule has 1 heterocycles. The summed E-state index contributed by atoms with van der Waals surface area (Å²) in [6.07, 6.45) is 2.03. The van der Waals surface area contributed by atoms with Crippen LogP contribution in [-0.2, 0) is 4.84 Å². The second-order valence-electron chi connectivity index (χ2n) is 2.90. The summed E-state index contributed by atoms with van der Waals surface area (Å²) >= 11 is 0. The average molecular weight is 127 g/mol. The third-order valence-corrected chi connectivity index (χ3v) is 1.80. The molecule has 2 nitrogen and oxygen atoms in total. The van der Waals surface area contributed by atoms with Crippen molar-refractivity contribution in [3.05, 3.63) is 0 Å². The largest absolute Gasteiger partial charge is 0.389 e. The summed E-state index contributed by atoms with van der Waals surface area (Å²) in [7, 11) is 0. The van der Waals surface area contributed by atoms with Gasteiger partial charge in [-0.15, -0.1) is 0 Å². The summed E-state index contributed by atoms with van der Waals surface area (Å²) in [6, 6.07) is 0. The van der Waals surface area contributed by atoms with E-state index in [0.717, 1.165) is 18.6 Å².